The van der Waals surface area contributed by atoms with Crippen LogP contribution >= 0.6 is 22.6 Å². The highest BCUT2D eigenvalue weighted by molar-refractivity contribution is 14.1. The predicted octanol–water partition coefficient (Wildman–Crippen LogP) is 4.13. The number of halogens is 1. The highest BCUT2D eigenvalue weighted by Crippen LogP contribution is 2.53. The molecule has 92 valence electrons. The van der Waals surface area contributed by atoms with E-state index in [1.807, 2.05) is 18.2 Å². The van der Waals surface area contributed by atoms with E-state index in [0.717, 1.165) is 12.0 Å². The molecule has 0 radical (unpaired) electrons. The normalized spacial score (nSPS) is 23.7. The highest BCUT2D eigenvalue weighted by atomic mass is 127. The summed E-state index contributed by atoms with van der Waals surface area (Å²) in [5.41, 5.74) is 2.39. The molecule has 0 aromatic heterocycles. The molecule has 2 aromatic carbocycles. The summed E-state index contributed by atoms with van der Waals surface area (Å²) in [7, 11) is 0. The lowest BCUT2D eigenvalue weighted by Crippen LogP contribution is -2.01. The van der Waals surface area contributed by atoms with Gasteiger partial charge in [0.05, 0.1) is 6.10 Å². The minimum absolute atomic E-state index is 0.327. The standard InChI is InChI=1S/C16H15IO/c17-13-8-6-12(7-9-13)16(18)15-10-14(15)11-4-2-1-3-5-11/h1-9,14-16,18H,10H2. The molecule has 1 aliphatic carbocycles. The third-order valence-electron chi connectivity index (χ3n) is 3.68. The Labute approximate surface area is 121 Å². The monoisotopic (exact) mass is 350 g/mol. The van der Waals surface area contributed by atoms with Crippen molar-refractivity contribution >= 4 is 22.6 Å². The Balaban J connectivity index is 1.73. The first kappa shape index (κ1) is 12.2. The van der Waals surface area contributed by atoms with E-state index in [-0.39, 0.29) is 6.10 Å². The number of rotatable bonds is 3. The predicted molar refractivity (Wildman–Crippen MR) is 81.4 cm³/mol. The second-order valence-corrected chi connectivity index (χ2v) is 6.16. The molecule has 0 bridgehead atoms. The van der Waals surface area contributed by atoms with Crippen molar-refractivity contribution < 1.29 is 5.11 Å². The van der Waals surface area contributed by atoms with Crippen LogP contribution in [-0.4, -0.2) is 5.11 Å². The van der Waals surface area contributed by atoms with Gasteiger partial charge < -0.3 is 5.11 Å². The molecule has 1 aliphatic rings. The average molecular weight is 350 g/mol. The fourth-order valence-electron chi connectivity index (χ4n) is 2.55. The fourth-order valence-corrected chi connectivity index (χ4v) is 2.91. The van der Waals surface area contributed by atoms with Crippen LogP contribution in [0.4, 0.5) is 0 Å². The van der Waals surface area contributed by atoms with Gasteiger partial charge in [0.2, 0.25) is 0 Å². The summed E-state index contributed by atoms with van der Waals surface area (Å²) in [5, 5.41) is 10.4. The topological polar surface area (TPSA) is 20.2 Å². The van der Waals surface area contributed by atoms with E-state index in [1.165, 1.54) is 9.13 Å². The van der Waals surface area contributed by atoms with E-state index >= 15 is 0 Å². The average Bonchev–Trinajstić information content (AvgIpc) is 3.20. The summed E-state index contributed by atoms with van der Waals surface area (Å²) in [6.07, 6.45) is 0.768. The first-order valence-corrected chi connectivity index (χ1v) is 7.32. The van der Waals surface area contributed by atoms with Gasteiger partial charge in [0.25, 0.3) is 0 Å². The molecule has 1 fully saturated rings. The third-order valence-corrected chi connectivity index (χ3v) is 4.40. The molecule has 0 saturated heterocycles. The number of hydrogen-bond acceptors (Lipinski definition) is 1. The smallest absolute Gasteiger partial charge is 0.0824 e. The molecule has 3 atom stereocenters. The molecule has 18 heavy (non-hydrogen) atoms. The molecule has 3 unspecified atom stereocenters. The summed E-state index contributed by atoms with van der Waals surface area (Å²) >= 11 is 2.28. The van der Waals surface area contributed by atoms with E-state index in [2.05, 4.69) is 59.0 Å². The largest absolute Gasteiger partial charge is 0.388 e. The third kappa shape index (κ3) is 2.45. The zero-order valence-electron chi connectivity index (χ0n) is 9.96. The zero-order valence-corrected chi connectivity index (χ0v) is 12.1. The van der Waals surface area contributed by atoms with E-state index in [0.29, 0.717) is 11.8 Å². The maximum atomic E-state index is 10.4. The molecule has 0 spiro atoms. The molecule has 1 nitrogen and oxygen atoms in total. The van der Waals surface area contributed by atoms with E-state index in [4.69, 9.17) is 0 Å². The lowest BCUT2D eigenvalue weighted by molar-refractivity contribution is 0.151. The quantitative estimate of drug-likeness (QED) is 0.826. The minimum atomic E-state index is -0.327. The van der Waals surface area contributed by atoms with Crippen molar-refractivity contribution in [2.24, 2.45) is 5.92 Å². The Hall–Kier alpha value is -0.870. The van der Waals surface area contributed by atoms with Gasteiger partial charge in [-0.2, -0.15) is 0 Å². The summed E-state index contributed by atoms with van der Waals surface area (Å²) in [6.45, 7) is 0. The van der Waals surface area contributed by atoms with Crippen molar-refractivity contribution in [1.82, 2.24) is 0 Å². The van der Waals surface area contributed by atoms with E-state index in [9.17, 15) is 5.11 Å². The van der Waals surface area contributed by atoms with E-state index in [1.54, 1.807) is 0 Å². The van der Waals surface area contributed by atoms with Gasteiger partial charge in [-0.1, -0.05) is 42.5 Å². The second-order valence-electron chi connectivity index (χ2n) is 4.91. The van der Waals surface area contributed by atoms with Crippen molar-refractivity contribution in [3.05, 3.63) is 69.3 Å². The lowest BCUT2D eigenvalue weighted by Gasteiger charge is -2.11. The van der Waals surface area contributed by atoms with Gasteiger partial charge in [-0.05, 0) is 64.1 Å². The summed E-state index contributed by atoms with van der Waals surface area (Å²) in [5.74, 6) is 0.910. The first-order chi connectivity index (χ1) is 8.75. The summed E-state index contributed by atoms with van der Waals surface area (Å²) < 4.78 is 1.21. The van der Waals surface area contributed by atoms with Gasteiger partial charge in [0.15, 0.2) is 0 Å². The lowest BCUT2D eigenvalue weighted by atomic mass is 10.0. The SMILES string of the molecule is OC(c1ccc(I)cc1)C1CC1c1ccccc1. The molecular formula is C16H15IO. The van der Waals surface area contributed by atoms with Crippen LogP contribution in [0.2, 0.25) is 0 Å². The van der Waals surface area contributed by atoms with Crippen LogP contribution in [0.15, 0.2) is 54.6 Å². The van der Waals surface area contributed by atoms with Crippen LogP contribution < -0.4 is 0 Å². The molecule has 0 amide bonds. The number of aliphatic hydroxyl groups is 1. The molecule has 2 heteroatoms. The highest BCUT2D eigenvalue weighted by Gasteiger charge is 2.43. The van der Waals surface area contributed by atoms with Crippen molar-refractivity contribution in [1.29, 1.82) is 0 Å². The van der Waals surface area contributed by atoms with Crippen LogP contribution in [0.5, 0.6) is 0 Å². The van der Waals surface area contributed by atoms with Gasteiger partial charge in [-0.3, -0.25) is 0 Å². The van der Waals surface area contributed by atoms with Crippen LogP contribution in [0.3, 0.4) is 0 Å². The molecule has 1 N–H and O–H groups in total. The van der Waals surface area contributed by atoms with Crippen molar-refractivity contribution in [2.45, 2.75) is 18.4 Å². The number of aliphatic hydroxyl groups excluding tert-OH is 1. The molecule has 1 saturated carbocycles. The second kappa shape index (κ2) is 5.02. The molecular weight excluding hydrogens is 335 g/mol. The Kier molecular flexibility index (Phi) is 3.39. The van der Waals surface area contributed by atoms with Gasteiger partial charge in [-0.25, -0.2) is 0 Å². The first-order valence-electron chi connectivity index (χ1n) is 6.24. The molecule has 0 heterocycles. The zero-order chi connectivity index (χ0) is 12.5. The minimum Gasteiger partial charge on any atom is -0.388 e. The Morgan fingerprint density at radius 3 is 2.33 bits per heavy atom. The van der Waals surface area contributed by atoms with Crippen molar-refractivity contribution in [3.63, 3.8) is 0 Å². The Morgan fingerprint density at radius 1 is 1.00 bits per heavy atom. The van der Waals surface area contributed by atoms with Gasteiger partial charge in [-0.15, -0.1) is 0 Å². The molecule has 3 rings (SSSR count). The van der Waals surface area contributed by atoms with Crippen LogP contribution in [-0.2, 0) is 0 Å². The van der Waals surface area contributed by atoms with Gasteiger partial charge >= 0.3 is 0 Å². The Morgan fingerprint density at radius 2 is 1.67 bits per heavy atom. The maximum Gasteiger partial charge on any atom is 0.0824 e. The van der Waals surface area contributed by atoms with Gasteiger partial charge in [0.1, 0.15) is 0 Å². The number of hydrogen-bond donors (Lipinski definition) is 1. The van der Waals surface area contributed by atoms with Crippen molar-refractivity contribution in [3.8, 4) is 0 Å². The summed E-state index contributed by atoms with van der Waals surface area (Å²) in [4.78, 5) is 0. The van der Waals surface area contributed by atoms with Crippen molar-refractivity contribution in [2.75, 3.05) is 0 Å². The molecule has 0 aliphatic heterocycles. The Bertz CT molecular complexity index is 521. The van der Waals surface area contributed by atoms with Crippen LogP contribution in [0.1, 0.15) is 29.6 Å². The van der Waals surface area contributed by atoms with E-state index < -0.39 is 0 Å². The molecule has 2 aromatic rings. The van der Waals surface area contributed by atoms with Crippen LogP contribution in [0.25, 0.3) is 0 Å². The van der Waals surface area contributed by atoms with Crippen LogP contribution in [0, 0.1) is 9.49 Å². The maximum absolute atomic E-state index is 10.4. The fraction of sp³-hybridized carbons (Fsp3) is 0.250. The number of benzene rings is 2. The van der Waals surface area contributed by atoms with Gasteiger partial charge in [0, 0.05) is 3.57 Å². The summed E-state index contributed by atoms with van der Waals surface area (Å²) in [6, 6.07) is 18.7.